The Morgan fingerprint density at radius 2 is 1.67 bits per heavy atom. The van der Waals surface area contributed by atoms with Gasteiger partial charge in [0.1, 0.15) is 5.75 Å². The van der Waals surface area contributed by atoms with Crippen LogP contribution in [0.3, 0.4) is 0 Å². The fraction of sp³-hybridized carbons (Fsp3) is 0.455. The van der Waals surface area contributed by atoms with Crippen molar-refractivity contribution >= 4 is 31.9 Å². The van der Waals surface area contributed by atoms with E-state index in [4.69, 9.17) is 4.74 Å². The summed E-state index contributed by atoms with van der Waals surface area (Å²) < 4.78 is 46.1. The molecular weight excluding hydrogens is 381 g/mol. The summed E-state index contributed by atoms with van der Waals surface area (Å²) in [7, 11) is 0. The number of hydrogen-bond acceptors (Lipinski definition) is 2. The standard InChI is InChI=1S/C11H7Br2F3O2/c12-7-8(13)10-6-3-4(18-11(14,15)16)1-2-5(6)9(7)17-10/h1-3,7-10H/t7-,8-,9-,10+/m1/s1. The van der Waals surface area contributed by atoms with E-state index < -0.39 is 6.36 Å². The molecule has 2 nitrogen and oxygen atoms in total. The van der Waals surface area contributed by atoms with Crippen LogP contribution in [-0.2, 0) is 4.74 Å². The highest BCUT2D eigenvalue weighted by Gasteiger charge is 2.50. The summed E-state index contributed by atoms with van der Waals surface area (Å²) in [5, 5.41) is 0. The van der Waals surface area contributed by atoms with Crippen LogP contribution >= 0.6 is 31.9 Å². The monoisotopic (exact) mass is 386 g/mol. The molecule has 2 aliphatic rings. The Morgan fingerprint density at radius 3 is 2.28 bits per heavy atom. The third-order valence-electron chi connectivity index (χ3n) is 3.08. The number of hydrogen-bond donors (Lipinski definition) is 0. The van der Waals surface area contributed by atoms with E-state index in [0.717, 1.165) is 11.1 Å². The molecule has 0 aromatic heterocycles. The molecule has 2 bridgehead atoms. The fourth-order valence-electron chi connectivity index (χ4n) is 2.39. The topological polar surface area (TPSA) is 18.5 Å². The molecule has 0 spiro atoms. The summed E-state index contributed by atoms with van der Waals surface area (Å²) in [6.07, 6.45) is -5.01. The van der Waals surface area contributed by atoms with Crippen LogP contribution in [0.1, 0.15) is 23.3 Å². The van der Waals surface area contributed by atoms with Gasteiger partial charge in [0.25, 0.3) is 0 Å². The lowest BCUT2D eigenvalue weighted by Crippen LogP contribution is -2.22. The lowest BCUT2D eigenvalue weighted by molar-refractivity contribution is -0.274. The van der Waals surface area contributed by atoms with E-state index in [-0.39, 0.29) is 27.6 Å². The van der Waals surface area contributed by atoms with Gasteiger partial charge in [-0.3, -0.25) is 0 Å². The van der Waals surface area contributed by atoms with Crippen LogP contribution in [0, 0.1) is 0 Å². The van der Waals surface area contributed by atoms with Crippen LogP contribution in [-0.4, -0.2) is 16.0 Å². The SMILES string of the molecule is FC(F)(F)Oc1ccc2c(c1)[C@@H]1O[C@H]2[C@H](Br)[C@H]1Br. The second-order valence-electron chi connectivity index (χ2n) is 4.20. The Labute approximate surface area is 118 Å². The molecule has 1 aromatic carbocycles. The molecule has 0 aliphatic carbocycles. The van der Waals surface area contributed by atoms with E-state index in [1.807, 2.05) is 0 Å². The van der Waals surface area contributed by atoms with Crippen molar-refractivity contribution in [2.24, 2.45) is 0 Å². The van der Waals surface area contributed by atoms with E-state index in [9.17, 15) is 13.2 Å². The molecule has 98 valence electrons. The Bertz CT molecular complexity index is 492. The normalized spacial score (nSPS) is 33.6. The molecule has 0 radical (unpaired) electrons. The van der Waals surface area contributed by atoms with E-state index in [0.29, 0.717) is 0 Å². The summed E-state index contributed by atoms with van der Waals surface area (Å²) in [5.41, 5.74) is 1.69. The molecular formula is C11H7Br2F3O2. The number of halogens is 5. The lowest BCUT2D eigenvalue weighted by atomic mass is 9.91. The van der Waals surface area contributed by atoms with E-state index in [1.54, 1.807) is 6.07 Å². The predicted molar refractivity (Wildman–Crippen MR) is 65.1 cm³/mol. The Balaban J connectivity index is 1.95. The van der Waals surface area contributed by atoms with Crippen molar-refractivity contribution in [2.45, 2.75) is 28.2 Å². The average Bonchev–Trinajstić information content (AvgIpc) is 2.75. The lowest BCUT2D eigenvalue weighted by Gasteiger charge is -2.21. The summed E-state index contributed by atoms with van der Waals surface area (Å²) in [4.78, 5) is 0.181. The highest BCUT2D eigenvalue weighted by Crippen LogP contribution is 2.56. The maximum atomic E-state index is 12.1. The molecule has 0 N–H and O–H groups in total. The smallest absolute Gasteiger partial charge is 0.406 e. The van der Waals surface area contributed by atoms with Crippen LogP contribution in [0.5, 0.6) is 5.75 Å². The third kappa shape index (κ3) is 1.96. The van der Waals surface area contributed by atoms with Crippen molar-refractivity contribution in [3.8, 4) is 5.75 Å². The van der Waals surface area contributed by atoms with Crippen LogP contribution in [0.2, 0.25) is 0 Å². The third-order valence-corrected chi connectivity index (χ3v) is 5.89. The van der Waals surface area contributed by atoms with Crippen LogP contribution in [0.25, 0.3) is 0 Å². The van der Waals surface area contributed by atoms with Gasteiger partial charge in [-0.05, 0) is 23.3 Å². The summed E-state index contributed by atoms with van der Waals surface area (Å²) in [6.45, 7) is 0. The zero-order valence-corrected chi connectivity index (χ0v) is 11.9. The number of benzene rings is 1. The molecule has 1 saturated heterocycles. The second-order valence-corrected chi connectivity index (χ2v) is 6.32. The number of rotatable bonds is 1. The largest absolute Gasteiger partial charge is 0.573 e. The van der Waals surface area contributed by atoms with Crippen molar-refractivity contribution in [3.05, 3.63) is 29.3 Å². The predicted octanol–water partition coefficient (Wildman–Crippen LogP) is 4.24. The quantitative estimate of drug-likeness (QED) is 0.671. The highest BCUT2D eigenvalue weighted by atomic mass is 79.9. The molecule has 4 atom stereocenters. The molecule has 7 heteroatoms. The Morgan fingerprint density at radius 1 is 1.06 bits per heavy atom. The van der Waals surface area contributed by atoms with Gasteiger partial charge in [0.05, 0.1) is 21.9 Å². The van der Waals surface area contributed by atoms with Gasteiger partial charge in [-0.15, -0.1) is 13.2 Å². The average molecular weight is 388 g/mol. The molecule has 0 amide bonds. The Hall–Kier alpha value is -0.270. The number of fused-ring (bicyclic) bond motifs is 5. The van der Waals surface area contributed by atoms with Gasteiger partial charge in [-0.2, -0.15) is 0 Å². The minimum Gasteiger partial charge on any atom is -0.406 e. The summed E-state index contributed by atoms with van der Waals surface area (Å²) in [6, 6.07) is 4.36. The molecule has 1 fully saturated rings. The van der Waals surface area contributed by atoms with Crippen LogP contribution in [0.15, 0.2) is 18.2 Å². The minimum atomic E-state index is -4.67. The van der Waals surface area contributed by atoms with Gasteiger partial charge >= 0.3 is 6.36 Å². The summed E-state index contributed by atoms with van der Waals surface area (Å²) in [5.74, 6) is -0.205. The van der Waals surface area contributed by atoms with Gasteiger partial charge in [0.15, 0.2) is 0 Å². The highest BCUT2D eigenvalue weighted by molar-refractivity contribution is 9.12. The zero-order valence-electron chi connectivity index (χ0n) is 8.75. The fourth-order valence-corrected chi connectivity index (χ4v) is 3.76. The van der Waals surface area contributed by atoms with E-state index >= 15 is 0 Å². The van der Waals surface area contributed by atoms with Crippen LogP contribution < -0.4 is 4.74 Å². The summed E-state index contributed by atoms with van der Waals surface area (Å²) >= 11 is 7.00. The zero-order chi connectivity index (χ0) is 13.1. The number of alkyl halides is 5. The molecule has 3 rings (SSSR count). The maximum Gasteiger partial charge on any atom is 0.573 e. The molecule has 1 aromatic rings. The first-order chi connectivity index (χ1) is 8.37. The minimum absolute atomic E-state index is 0.0520. The molecule has 2 heterocycles. The van der Waals surface area contributed by atoms with Crippen molar-refractivity contribution in [1.82, 2.24) is 0 Å². The van der Waals surface area contributed by atoms with Gasteiger partial charge < -0.3 is 9.47 Å². The van der Waals surface area contributed by atoms with Gasteiger partial charge in [0.2, 0.25) is 0 Å². The molecule has 2 aliphatic heterocycles. The first kappa shape index (κ1) is 12.7. The van der Waals surface area contributed by atoms with Crippen LogP contribution in [0.4, 0.5) is 13.2 Å². The first-order valence-electron chi connectivity index (χ1n) is 5.20. The van der Waals surface area contributed by atoms with Crippen molar-refractivity contribution in [1.29, 1.82) is 0 Å². The van der Waals surface area contributed by atoms with E-state index in [2.05, 4.69) is 36.6 Å². The van der Waals surface area contributed by atoms with Gasteiger partial charge in [-0.1, -0.05) is 37.9 Å². The first-order valence-corrected chi connectivity index (χ1v) is 7.03. The van der Waals surface area contributed by atoms with Crippen molar-refractivity contribution < 1.29 is 22.6 Å². The number of ether oxygens (including phenoxy) is 2. The van der Waals surface area contributed by atoms with Crippen molar-refractivity contribution in [3.63, 3.8) is 0 Å². The van der Waals surface area contributed by atoms with Gasteiger partial charge in [0, 0.05) is 0 Å². The van der Waals surface area contributed by atoms with Crippen molar-refractivity contribution in [2.75, 3.05) is 0 Å². The molecule has 0 unspecified atom stereocenters. The Kier molecular flexibility index (Phi) is 2.91. The van der Waals surface area contributed by atoms with E-state index in [1.165, 1.54) is 12.1 Å². The maximum absolute atomic E-state index is 12.1. The second kappa shape index (κ2) is 4.11. The molecule has 18 heavy (non-hydrogen) atoms. The van der Waals surface area contributed by atoms with Gasteiger partial charge in [-0.25, -0.2) is 0 Å². The molecule has 0 saturated carbocycles.